The summed E-state index contributed by atoms with van der Waals surface area (Å²) in [5, 5.41) is 0.160. The molecule has 2 heteroatoms. The average Bonchev–Trinajstić information content (AvgIpc) is 2.41. The van der Waals surface area contributed by atoms with Gasteiger partial charge in [0.15, 0.2) is 0 Å². The van der Waals surface area contributed by atoms with E-state index in [2.05, 4.69) is 12.2 Å². The Hall–Kier alpha value is -0.560. The fraction of sp³-hybridized carbons (Fsp3) is 0.500. The number of ketones is 1. The van der Waals surface area contributed by atoms with E-state index < -0.39 is 0 Å². The van der Waals surface area contributed by atoms with E-state index in [4.69, 9.17) is 11.6 Å². The first kappa shape index (κ1) is 6.90. The van der Waals surface area contributed by atoms with Crippen LogP contribution in [0.1, 0.15) is 0 Å². The van der Waals surface area contributed by atoms with Crippen LogP contribution in [0.25, 0.3) is 0 Å². The highest BCUT2D eigenvalue weighted by atomic mass is 35.5. The number of carbonyl (C=O) groups is 1. The van der Waals surface area contributed by atoms with Crippen molar-refractivity contribution in [2.45, 2.75) is 5.38 Å². The van der Waals surface area contributed by atoms with Gasteiger partial charge in [0.25, 0.3) is 0 Å². The molecule has 3 aliphatic rings. The van der Waals surface area contributed by atoms with Crippen LogP contribution >= 0.6 is 11.6 Å². The van der Waals surface area contributed by atoms with Crippen LogP contribution in [0, 0.1) is 23.7 Å². The van der Waals surface area contributed by atoms with Gasteiger partial charge in [-0.3, -0.25) is 4.79 Å². The zero-order chi connectivity index (χ0) is 8.29. The van der Waals surface area contributed by atoms with Gasteiger partial charge < -0.3 is 0 Å². The average molecular weight is 181 g/mol. The fourth-order valence-electron chi connectivity index (χ4n) is 2.65. The van der Waals surface area contributed by atoms with Gasteiger partial charge in [-0.2, -0.15) is 0 Å². The van der Waals surface area contributed by atoms with Crippen molar-refractivity contribution >= 4 is 17.4 Å². The molecule has 0 aromatic carbocycles. The van der Waals surface area contributed by atoms with Gasteiger partial charge in [-0.1, -0.05) is 24.3 Å². The van der Waals surface area contributed by atoms with E-state index in [1.807, 2.05) is 12.2 Å². The Bertz CT molecular complexity index is 279. The van der Waals surface area contributed by atoms with Crippen LogP contribution in [0.3, 0.4) is 0 Å². The number of Topliss-reactive ketones (excluding diaryl/α,β-unsaturated/α-hetero) is 1. The molecule has 1 fully saturated rings. The summed E-state index contributed by atoms with van der Waals surface area (Å²) in [5.41, 5.74) is 0. The number of rotatable bonds is 0. The zero-order valence-electron chi connectivity index (χ0n) is 6.48. The molecule has 0 aromatic heterocycles. The number of alkyl halides is 1. The van der Waals surface area contributed by atoms with Gasteiger partial charge in [0.2, 0.25) is 0 Å². The molecule has 1 unspecified atom stereocenters. The second kappa shape index (κ2) is 2.02. The van der Waals surface area contributed by atoms with Gasteiger partial charge in [-0.25, -0.2) is 0 Å². The lowest BCUT2D eigenvalue weighted by molar-refractivity contribution is -0.126. The van der Waals surface area contributed by atoms with E-state index in [0.29, 0.717) is 5.78 Å². The monoisotopic (exact) mass is 180 g/mol. The molecule has 4 bridgehead atoms. The third-order valence-electron chi connectivity index (χ3n) is 3.30. The summed E-state index contributed by atoms with van der Waals surface area (Å²) in [7, 11) is 0. The Morgan fingerprint density at radius 1 is 1.00 bits per heavy atom. The van der Waals surface area contributed by atoms with Crippen LogP contribution in [0.4, 0.5) is 0 Å². The van der Waals surface area contributed by atoms with E-state index >= 15 is 0 Å². The van der Waals surface area contributed by atoms with E-state index in [9.17, 15) is 4.79 Å². The maximum atomic E-state index is 11.6. The summed E-state index contributed by atoms with van der Waals surface area (Å²) in [6.45, 7) is 0. The Morgan fingerprint density at radius 2 is 1.50 bits per heavy atom. The second-order valence-corrected chi connectivity index (χ2v) is 4.33. The first-order valence-corrected chi connectivity index (χ1v) is 4.77. The summed E-state index contributed by atoms with van der Waals surface area (Å²) in [6, 6.07) is 0. The highest BCUT2D eigenvalue weighted by Gasteiger charge is 2.51. The van der Waals surface area contributed by atoms with Crippen molar-refractivity contribution in [3.63, 3.8) is 0 Å². The first-order valence-electron chi connectivity index (χ1n) is 4.33. The third kappa shape index (κ3) is 0.601. The number of carbonyl (C=O) groups excluding carboxylic acids is 1. The van der Waals surface area contributed by atoms with Crippen LogP contribution in [0.15, 0.2) is 24.3 Å². The van der Waals surface area contributed by atoms with Gasteiger partial charge in [0.05, 0.1) is 0 Å². The van der Waals surface area contributed by atoms with Crippen molar-refractivity contribution in [3.05, 3.63) is 24.3 Å². The van der Waals surface area contributed by atoms with Crippen molar-refractivity contribution < 1.29 is 4.79 Å². The van der Waals surface area contributed by atoms with E-state index in [1.165, 1.54) is 0 Å². The fourth-order valence-corrected chi connectivity index (χ4v) is 3.13. The summed E-state index contributed by atoms with van der Waals surface area (Å²) in [6.07, 6.45) is 8.32. The van der Waals surface area contributed by atoms with Crippen LogP contribution in [-0.2, 0) is 4.79 Å². The minimum atomic E-state index is 0.0903. The second-order valence-electron chi connectivity index (χ2n) is 3.82. The van der Waals surface area contributed by atoms with E-state index in [0.717, 1.165) is 0 Å². The third-order valence-corrected chi connectivity index (χ3v) is 3.89. The number of allylic oxidation sites excluding steroid dienone is 4. The quantitative estimate of drug-likeness (QED) is 0.410. The lowest BCUT2D eigenvalue weighted by Gasteiger charge is -2.30. The zero-order valence-corrected chi connectivity index (χ0v) is 7.24. The number of halogens is 1. The molecule has 3 rings (SSSR count). The normalized spacial score (nSPS) is 53.8. The minimum absolute atomic E-state index is 0.0903. The lowest BCUT2D eigenvalue weighted by Crippen LogP contribution is -2.38. The van der Waals surface area contributed by atoms with Crippen LogP contribution in [0.2, 0.25) is 0 Å². The van der Waals surface area contributed by atoms with Crippen LogP contribution < -0.4 is 0 Å². The lowest BCUT2D eigenvalue weighted by atomic mass is 9.76. The molecule has 5 atom stereocenters. The van der Waals surface area contributed by atoms with Gasteiger partial charge in [0.1, 0.15) is 5.78 Å². The van der Waals surface area contributed by atoms with E-state index in [1.54, 1.807) is 0 Å². The highest BCUT2D eigenvalue weighted by Crippen LogP contribution is 2.49. The minimum Gasteiger partial charge on any atom is -0.298 e. The topological polar surface area (TPSA) is 17.1 Å². The molecule has 12 heavy (non-hydrogen) atoms. The molecule has 0 aliphatic heterocycles. The molecular weight excluding hydrogens is 172 g/mol. The highest BCUT2D eigenvalue weighted by molar-refractivity contribution is 6.22. The van der Waals surface area contributed by atoms with Crippen molar-refractivity contribution in [1.82, 2.24) is 0 Å². The molecule has 0 aromatic rings. The standard InChI is InChI=1S/C10H9ClO/c11-9-5-1-2-6(9)8-4-3-7(5)10(8)12/h1-9H/t5-,6+,7-,8+,9?. The number of hydrogen-bond acceptors (Lipinski definition) is 1. The molecule has 0 heterocycles. The molecule has 1 nitrogen and oxygen atoms in total. The Morgan fingerprint density at radius 3 is 2.00 bits per heavy atom. The molecule has 0 saturated heterocycles. The van der Waals surface area contributed by atoms with Crippen molar-refractivity contribution in [2.24, 2.45) is 23.7 Å². The maximum absolute atomic E-state index is 11.6. The molecule has 0 amide bonds. The summed E-state index contributed by atoms with van der Waals surface area (Å²) < 4.78 is 0. The van der Waals surface area contributed by atoms with Crippen molar-refractivity contribution in [2.75, 3.05) is 0 Å². The van der Waals surface area contributed by atoms with E-state index in [-0.39, 0.29) is 29.0 Å². The Labute approximate surface area is 76.1 Å². The predicted molar refractivity (Wildman–Crippen MR) is 46.9 cm³/mol. The Kier molecular flexibility index (Phi) is 1.16. The Balaban J connectivity index is 2.13. The smallest absolute Gasteiger partial charge is 0.147 e. The number of fused-ring (bicyclic) bond motifs is 6. The number of hydrogen-bond donors (Lipinski definition) is 0. The molecule has 1 saturated carbocycles. The first-order chi connectivity index (χ1) is 5.79. The largest absolute Gasteiger partial charge is 0.298 e. The van der Waals surface area contributed by atoms with Crippen molar-refractivity contribution in [1.29, 1.82) is 0 Å². The maximum Gasteiger partial charge on any atom is 0.147 e. The van der Waals surface area contributed by atoms with Gasteiger partial charge in [-0.15, -0.1) is 11.6 Å². The van der Waals surface area contributed by atoms with Gasteiger partial charge in [-0.05, 0) is 0 Å². The molecule has 3 aliphatic carbocycles. The predicted octanol–water partition coefficient (Wildman–Crippen LogP) is 1.78. The molecule has 0 radical (unpaired) electrons. The summed E-state index contributed by atoms with van der Waals surface area (Å²) >= 11 is 6.22. The molecule has 62 valence electrons. The summed E-state index contributed by atoms with van der Waals surface area (Å²) in [5.74, 6) is 1.12. The van der Waals surface area contributed by atoms with Crippen LogP contribution in [0.5, 0.6) is 0 Å². The molecule has 0 spiro atoms. The SMILES string of the molecule is O=C1[C@H]2C=C[C@@H]1[C@H]1C=C[C@@H]2C1Cl. The van der Waals surface area contributed by atoms with Crippen LogP contribution in [-0.4, -0.2) is 11.2 Å². The van der Waals surface area contributed by atoms with Gasteiger partial charge in [0, 0.05) is 29.0 Å². The molecular formula is C10H9ClO. The van der Waals surface area contributed by atoms with Gasteiger partial charge >= 0.3 is 0 Å². The summed E-state index contributed by atoms with van der Waals surface area (Å²) in [4.78, 5) is 11.6. The molecule has 0 N–H and O–H groups in total. The van der Waals surface area contributed by atoms with Crippen molar-refractivity contribution in [3.8, 4) is 0 Å².